The average Bonchev–Trinajstić information content (AvgIpc) is 3.36. The van der Waals surface area contributed by atoms with Crippen LogP contribution in [0.15, 0.2) is 5.16 Å². The summed E-state index contributed by atoms with van der Waals surface area (Å²) in [5.41, 5.74) is 0. The van der Waals surface area contributed by atoms with Crippen molar-refractivity contribution in [2.45, 2.75) is 75.2 Å². The second-order valence-electron chi connectivity index (χ2n) is 6.36. The van der Waals surface area contributed by atoms with Crippen LogP contribution in [0.25, 0.3) is 0 Å². The molecule has 0 aromatic carbocycles. The number of hydrogen-bond donors (Lipinski definition) is 1. The second-order valence-corrected chi connectivity index (χ2v) is 7.42. The smallest absolute Gasteiger partial charge is 0.191 e. The maximum atomic E-state index is 9.16. The standard InChI is InChI=1S/C15H23N5S/c1-10(2)17-12(9-16)7-8-21-15-19-18-14(11-3-4-11)20(15)13-5-6-13/h10-13,17H,3-8H2,1-2H3. The zero-order valence-electron chi connectivity index (χ0n) is 12.7. The first kappa shape index (κ1) is 14.9. The number of hydrogen-bond acceptors (Lipinski definition) is 5. The van der Waals surface area contributed by atoms with Gasteiger partial charge in [-0.25, -0.2) is 0 Å². The predicted molar refractivity (Wildman–Crippen MR) is 83.3 cm³/mol. The highest BCUT2D eigenvalue weighted by atomic mass is 32.2. The van der Waals surface area contributed by atoms with E-state index < -0.39 is 0 Å². The van der Waals surface area contributed by atoms with E-state index >= 15 is 0 Å². The molecule has 0 radical (unpaired) electrons. The lowest BCUT2D eigenvalue weighted by Gasteiger charge is -2.14. The van der Waals surface area contributed by atoms with Crippen molar-refractivity contribution in [3.63, 3.8) is 0 Å². The van der Waals surface area contributed by atoms with Gasteiger partial charge in [0.25, 0.3) is 0 Å². The van der Waals surface area contributed by atoms with Crippen LogP contribution in [0, 0.1) is 11.3 Å². The first-order chi connectivity index (χ1) is 10.2. The molecule has 5 nitrogen and oxygen atoms in total. The van der Waals surface area contributed by atoms with Gasteiger partial charge in [0.1, 0.15) is 5.82 Å². The molecule has 0 saturated heterocycles. The molecular weight excluding hydrogens is 282 g/mol. The Bertz CT molecular complexity index is 525. The minimum absolute atomic E-state index is 0.0716. The Kier molecular flexibility index (Phi) is 4.51. The van der Waals surface area contributed by atoms with Gasteiger partial charge < -0.3 is 4.57 Å². The first-order valence-electron chi connectivity index (χ1n) is 7.92. The lowest BCUT2D eigenvalue weighted by molar-refractivity contribution is 0.522. The Morgan fingerprint density at radius 3 is 2.67 bits per heavy atom. The van der Waals surface area contributed by atoms with Crippen molar-refractivity contribution in [3.05, 3.63) is 5.82 Å². The molecule has 1 heterocycles. The van der Waals surface area contributed by atoms with Gasteiger partial charge in [-0.05, 0) is 46.0 Å². The fourth-order valence-electron chi connectivity index (χ4n) is 2.54. The van der Waals surface area contributed by atoms with E-state index in [4.69, 9.17) is 5.26 Å². The van der Waals surface area contributed by atoms with E-state index in [1.807, 2.05) is 0 Å². The molecule has 21 heavy (non-hydrogen) atoms. The Hall–Kier alpha value is -1.06. The fraction of sp³-hybridized carbons (Fsp3) is 0.800. The molecular formula is C15H23N5S. The summed E-state index contributed by atoms with van der Waals surface area (Å²) in [5.74, 6) is 2.77. The van der Waals surface area contributed by atoms with E-state index in [1.165, 1.54) is 31.5 Å². The van der Waals surface area contributed by atoms with E-state index in [9.17, 15) is 0 Å². The minimum Gasteiger partial charge on any atom is -0.303 e. The highest BCUT2D eigenvalue weighted by Crippen LogP contribution is 2.46. The topological polar surface area (TPSA) is 66.5 Å². The van der Waals surface area contributed by atoms with Gasteiger partial charge in [-0.15, -0.1) is 10.2 Å². The Morgan fingerprint density at radius 1 is 1.33 bits per heavy atom. The summed E-state index contributed by atoms with van der Waals surface area (Å²) in [6, 6.07) is 3.25. The average molecular weight is 305 g/mol. The maximum absolute atomic E-state index is 9.16. The van der Waals surface area contributed by atoms with Gasteiger partial charge in [0.2, 0.25) is 0 Å². The summed E-state index contributed by atoms with van der Waals surface area (Å²) in [6.45, 7) is 4.15. The minimum atomic E-state index is -0.0716. The SMILES string of the molecule is CC(C)NC(C#N)CCSc1nnc(C2CC2)n1C1CC1. The van der Waals surface area contributed by atoms with Crippen LogP contribution in [-0.4, -0.2) is 32.6 Å². The third-order valence-electron chi connectivity index (χ3n) is 3.87. The van der Waals surface area contributed by atoms with Crippen molar-refractivity contribution in [1.29, 1.82) is 5.26 Å². The number of nitriles is 1. The summed E-state index contributed by atoms with van der Waals surface area (Å²) in [4.78, 5) is 0. The van der Waals surface area contributed by atoms with Crippen molar-refractivity contribution < 1.29 is 0 Å². The van der Waals surface area contributed by atoms with Crippen molar-refractivity contribution in [2.75, 3.05) is 5.75 Å². The van der Waals surface area contributed by atoms with Crippen molar-refractivity contribution >= 4 is 11.8 Å². The third kappa shape index (κ3) is 3.78. The molecule has 0 amide bonds. The molecule has 2 aliphatic rings. The molecule has 1 aromatic rings. The van der Waals surface area contributed by atoms with E-state index in [-0.39, 0.29) is 6.04 Å². The summed E-state index contributed by atoms with van der Waals surface area (Å²) in [5, 5.41) is 22.3. The molecule has 1 N–H and O–H groups in total. The summed E-state index contributed by atoms with van der Waals surface area (Å²) in [7, 11) is 0. The molecule has 0 aliphatic heterocycles. The lowest BCUT2D eigenvalue weighted by atomic mass is 10.2. The lowest BCUT2D eigenvalue weighted by Crippen LogP contribution is -2.33. The highest BCUT2D eigenvalue weighted by Gasteiger charge is 2.36. The number of nitrogens with one attached hydrogen (secondary N) is 1. The van der Waals surface area contributed by atoms with Gasteiger partial charge in [-0.2, -0.15) is 5.26 Å². The number of aromatic nitrogens is 3. The molecule has 1 aromatic heterocycles. The summed E-state index contributed by atoms with van der Waals surface area (Å²) in [6.07, 6.45) is 5.91. The molecule has 0 bridgehead atoms. The Labute approximate surface area is 130 Å². The summed E-state index contributed by atoms with van der Waals surface area (Å²) >= 11 is 1.75. The van der Waals surface area contributed by atoms with Crippen LogP contribution in [0.4, 0.5) is 0 Å². The zero-order valence-corrected chi connectivity index (χ0v) is 13.6. The van der Waals surface area contributed by atoms with Gasteiger partial charge in [0.05, 0.1) is 12.1 Å². The largest absolute Gasteiger partial charge is 0.303 e. The second kappa shape index (κ2) is 6.37. The molecule has 0 spiro atoms. The van der Waals surface area contributed by atoms with Crippen molar-refractivity contribution in [2.24, 2.45) is 0 Å². The normalized spacial score (nSPS) is 19.7. The van der Waals surface area contributed by atoms with Crippen molar-refractivity contribution in [1.82, 2.24) is 20.1 Å². The van der Waals surface area contributed by atoms with Crippen LogP contribution in [0.2, 0.25) is 0 Å². The molecule has 1 unspecified atom stereocenters. The molecule has 2 saturated carbocycles. The summed E-state index contributed by atoms with van der Waals surface area (Å²) < 4.78 is 2.37. The third-order valence-corrected chi connectivity index (χ3v) is 4.85. The van der Waals surface area contributed by atoms with Gasteiger partial charge in [-0.3, -0.25) is 5.32 Å². The maximum Gasteiger partial charge on any atom is 0.191 e. The van der Waals surface area contributed by atoms with Gasteiger partial charge in [0, 0.05) is 23.8 Å². The van der Waals surface area contributed by atoms with Gasteiger partial charge in [-0.1, -0.05) is 11.8 Å². The van der Waals surface area contributed by atoms with Crippen LogP contribution in [0.3, 0.4) is 0 Å². The van der Waals surface area contributed by atoms with Crippen LogP contribution in [0.5, 0.6) is 0 Å². The number of nitrogens with zero attached hydrogens (tertiary/aromatic N) is 4. The van der Waals surface area contributed by atoms with Crippen LogP contribution >= 0.6 is 11.8 Å². The fourth-order valence-corrected chi connectivity index (χ4v) is 3.55. The van der Waals surface area contributed by atoms with E-state index in [2.05, 4.69) is 40.0 Å². The van der Waals surface area contributed by atoms with Gasteiger partial charge in [0.15, 0.2) is 5.16 Å². The number of thioether (sulfide) groups is 1. The quantitative estimate of drug-likeness (QED) is 0.748. The monoisotopic (exact) mass is 305 g/mol. The number of rotatable bonds is 8. The van der Waals surface area contributed by atoms with Crippen LogP contribution in [-0.2, 0) is 0 Å². The molecule has 6 heteroatoms. The predicted octanol–water partition coefficient (Wildman–Crippen LogP) is 2.86. The highest BCUT2D eigenvalue weighted by molar-refractivity contribution is 7.99. The molecule has 2 fully saturated rings. The van der Waals surface area contributed by atoms with Crippen LogP contribution in [0.1, 0.15) is 63.7 Å². The molecule has 114 valence electrons. The Morgan fingerprint density at radius 2 is 2.10 bits per heavy atom. The molecule has 1 atom stereocenters. The zero-order chi connectivity index (χ0) is 14.8. The molecule has 2 aliphatic carbocycles. The van der Waals surface area contributed by atoms with E-state index in [0.717, 1.165) is 17.3 Å². The van der Waals surface area contributed by atoms with Crippen LogP contribution < -0.4 is 5.32 Å². The van der Waals surface area contributed by atoms with Gasteiger partial charge >= 0.3 is 0 Å². The van der Waals surface area contributed by atoms with E-state index in [1.54, 1.807) is 11.8 Å². The van der Waals surface area contributed by atoms with E-state index in [0.29, 0.717) is 18.0 Å². The first-order valence-corrected chi connectivity index (χ1v) is 8.91. The Balaban J connectivity index is 1.57. The van der Waals surface area contributed by atoms with Crippen molar-refractivity contribution in [3.8, 4) is 6.07 Å². The molecule has 3 rings (SSSR count).